The van der Waals surface area contributed by atoms with E-state index in [1.54, 1.807) is 6.92 Å². The van der Waals surface area contributed by atoms with E-state index >= 15 is 0 Å². The van der Waals surface area contributed by atoms with Crippen LogP contribution in [-0.2, 0) is 0 Å². The van der Waals surface area contributed by atoms with Gasteiger partial charge in [-0.15, -0.1) is 0 Å². The second kappa shape index (κ2) is 4.92. The van der Waals surface area contributed by atoms with Gasteiger partial charge >= 0.3 is 11.2 Å². The van der Waals surface area contributed by atoms with Crippen LogP contribution in [0.3, 0.4) is 0 Å². The number of benzene rings is 1. The molecule has 2 aromatic rings. The molecule has 1 aromatic carbocycles. The number of aromatic hydroxyl groups is 1. The highest BCUT2D eigenvalue weighted by Gasteiger charge is 2.25. The average molecular weight is 360 g/mol. The summed E-state index contributed by atoms with van der Waals surface area (Å²) >= 11 is 9.29. The summed E-state index contributed by atoms with van der Waals surface area (Å²) in [6.07, 6.45) is 0. The fourth-order valence-electron chi connectivity index (χ4n) is 1.92. The molecule has 2 N–H and O–H groups in total. The maximum atomic E-state index is 11.7. The number of aromatic nitrogens is 1. The second-order valence-corrected chi connectivity index (χ2v) is 5.36. The third-order valence-corrected chi connectivity index (χ3v) is 4.11. The van der Waals surface area contributed by atoms with Gasteiger partial charge in [-0.25, -0.2) is 0 Å². The number of fused-ring (bicyclic) bond motifs is 1. The van der Waals surface area contributed by atoms with E-state index in [4.69, 9.17) is 11.6 Å². The van der Waals surface area contributed by atoms with Crippen LogP contribution in [-0.4, -0.2) is 15.0 Å². The van der Waals surface area contributed by atoms with Crippen molar-refractivity contribution in [2.45, 2.75) is 6.92 Å². The van der Waals surface area contributed by atoms with Crippen molar-refractivity contribution < 1.29 is 10.0 Å². The van der Waals surface area contributed by atoms with Crippen LogP contribution in [0.1, 0.15) is 12.5 Å². The molecule has 8 heteroatoms. The first-order chi connectivity index (χ1) is 9.25. The number of nitrogens with zero attached hydrogens (tertiary/aromatic N) is 1. The SMILES string of the molecule is C=C(C)c1c(Br)c(Cl)cc2c(O)c([N+](=O)[O-])c(=O)[nH]c12. The quantitative estimate of drug-likeness (QED) is 0.632. The molecule has 1 heterocycles. The maximum absolute atomic E-state index is 11.7. The first-order valence-electron chi connectivity index (χ1n) is 5.33. The fourth-order valence-corrected chi connectivity index (χ4v) is 2.78. The first kappa shape index (κ1) is 14.5. The lowest BCUT2D eigenvalue weighted by atomic mass is 10.0. The highest BCUT2D eigenvalue weighted by atomic mass is 79.9. The molecule has 0 bridgehead atoms. The number of nitro groups is 1. The third-order valence-electron chi connectivity index (χ3n) is 2.76. The number of aromatic amines is 1. The summed E-state index contributed by atoms with van der Waals surface area (Å²) < 4.78 is 0.489. The van der Waals surface area contributed by atoms with E-state index in [1.165, 1.54) is 6.07 Å². The standard InChI is InChI=1S/C12H8BrClN2O4/c1-4(2)7-8(13)6(14)3-5-9(7)15-12(18)10(11(5)17)16(19)20/h3H,1H2,2H3,(H2,15,17,18). The van der Waals surface area contributed by atoms with Crippen LogP contribution < -0.4 is 5.56 Å². The zero-order valence-corrected chi connectivity index (χ0v) is 12.5. The molecule has 0 unspecified atom stereocenters. The smallest absolute Gasteiger partial charge is 0.375 e. The van der Waals surface area contributed by atoms with Crippen molar-refractivity contribution in [1.29, 1.82) is 0 Å². The summed E-state index contributed by atoms with van der Waals surface area (Å²) in [4.78, 5) is 24.0. The van der Waals surface area contributed by atoms with Crippen LogP contribution >= 0.6 is 27.5 Å². The van der Waals surface area contributed by atoms with E-state index in [0.29, 0.717) is 15.6 Å². The topological polar surface area (TPSA) is 96.2 Å². The van der Waals surface area contributed by atoms with E-state index in [-0.39, 0.29) is 15.9 Å². The Morgan fingerprint density at radius 1 is 1.60 bits per heavy atom. The number of hydrogen-bond acceptors (Lipinski definition) is 4. The summed E-state index contributed by atoms with van der Waals surface area (Å²) in [7, 11) is 0. The molecule has 0 aliphatic carbocycles. The van der Waals surface area contributed by atoms with E-state index in [0.717, 1.165) is 0 Å². The monoisotopic (exact) mass is 358 g/mol. The maximum Gasteiger partial charge on any atom is 0.375 e. The van der Waals surface area contributed by atoms with E-state index in [2.05, 4.69) is 27.5 Å². The molecule has 0 atom stereocenters. The van der Waals surface area contributed by atoms with Gasteiger partial charge in [0.05, 0.1) is 15.5 Å². The molecule has 0 aliphatic rings. The molecule has 0 saturated heterocycles. The number of nitrogens with one attached hydrogen (secondary N) is 1. The van der Waals surface area contributed by atoms with Crippen LogP contribution in [0, 0.1) is 10.1 Å². The first-order valence-corrected chi connectivity index (χ1v) is 6.50. The van der Waals surface area contributed by atoms with E-state index in [9.17, 15) is 20.0 Å². The molecule has 2 rings (SSSR count). The molecule has 0 aliphatic heterocycles. The minimum Gasteiger partial charge on any atom is -0.501 e. The van der Waals surface area contributed by atoms with Crippen LogP contribution in [0.25, 0.3) is 16.5 Å². The lowest BCUT2D eigenvalue weighted by Gasteiger charge is -2.11. The Bertz CT molecular complexity index is 829. The van der Waals surface area contributed by atoms with Gasteiger partial charge in [-0.2, -0.15) is 0 Å². The minimum atomic E-state index is -0.989. The molecule has 0 radical (unpaired) electrons. The van der Waals surface area contributed by atoms with Gasteiger partial charge in [-0.05, 0) is 34.5 Å². The normalized spacial score (nSPS) is 10.8. The number of allylic oxidation sites excluding steroid dienone is 1. The Kier molecular flexibility index (Phi) is 3.58. The number of H-pyrrole nitrogens is 1. The van der Waals surface area contributed by atoms with Crippen LogP contribution in [0.15, 0.2) is 21.9 Å². The third kappa shape index (κ3) is 2.08. The molecular weight excluding hydrogens is 351 g/mol. The van der Waals surface area contributed by atoms with Gasteiger partial charge < -0.3 is 10.1 Å². The predicted octanol–water partition coefficient (Wildman–Crippen LogP) is 3.59. The lowest BCUT2D eigenvalue weighted by molar-refractivity contribution is -0.387. The number of pyridine rings is 1. The fraction of sp³-hybridized carbons (Fsp3) is 0.0833. The highest BCUT2D eigenvalue weighted by Crippen LogP contribution is 2.40. The van der Waals surface area contributed by atoms with E-state index in [1.807, 2.05) is 0 Å². The van der Waals surface area contributed by atoms with E-state index < -0.39 is 21.9 Å². The molecule has 1 aromatic heterocycles. The Morgan fingerprint density at radius 3 is 2.70 bits per heavy atom. The molecule has 104 valence electrons. The predicted molar refractivity (Wildman–Crippen MR) is 80.3 cm³/mol. The second-order valence-electron chi connectivity index (χ2n) is 4.16. The van der Waals surface area contributed by atoms with Gasteiger partial charge in [0.15, 0.2) is 0 Å². The van der Waals surface area contributed by atoms with Gasteiger partial charge in [-0.3, -0.25) is 14.9 Å². The van der Waals surface area contributed by atoms with Crippen LogP contribution in [0.2, 0.25) is 5.02 Å². The Balaban J connectivity index is 3.11. The van der Waals surface area contributed by atoms with Gasteiger partial charge in [0.2, 0.25) is 5.75 Å². The summed E-state index contributed by atoms with van der Waals surface area (Å²) in [5.74, 6) is -0.717. The van der Waals surface area contributed by atoms with Crippen LogP contribution in [0.5, 0.6) is 5.75 Å². The summed E-state index contributed by atoms with van der Waals surface area (Å²) in [5.41, 5.74) is -0.606. The highest BCUT2D eigenvalue weighted by molar-refractivity contribution is 9.10. The largest absolute Gasteiger partial charge is 0.501 e. The van der Waals surface area contributed by atoms with Crippen molar-refractivity contribution in [3.8, 4) is 5.75 Å². The van der Waals surface area contributed by atoms with Crippen molar-refractivity contribution >= 4 is 49.7 Å². The molecule has 20 heavy (non-hydrogen) atoms. The summed E-state index contributed by atoms with van der Waals surface area (Å²) in [6, 6.07) is 1.34. The molecule has 0 spiro atoms. The lowest BCUT2D eigenvalue weighted by Crippen LogP contribution is -2.12. The molecular formula is C12H8BrClN2O4. The molecule has 6 nitrogen and oxygen atoms in total. The van der Waals surface area contributed by atoms with Gasteiger partial charge in [-0.1, -0.05) is 18.2 Å². The van der Waals surface area contributed by atoms with Crippen molar-refractivity contribution in [3.05, 3.63) is 48.2 Å². The minimum absolute atomic E-state index is 0.0856. The zero-order valence-electron chi connectivity index (χ0n) is 10.2. The van der Waals surface area contributed by atoms with Crippen molar-refractivity contribution in [2.24, 2.45) is 0 Å². The van der Waals surface area contributed by atoms with Gasteiger partial charge in [0.25, 0.3) is 0 Å². The number of hydrogen-bond donors (Lipinski definition) is 2. The molecule has 0 amide bonds. The summed E-state index contributed by atoms with van der Waals surface area (Å²) in [5, 5.41) is 21.1. The number of rotatable bonds is 2. The number of halogens is 2. The summed E-state index contributed by atoms with van der Waals surface area (Å²) in [6.45, 7) is 5.46. The Labute approximate surface area is 126 Å². The molecule has 0 saturated carbocycles. The average Bonchev–Trinajstić information content (AvgIpc) is 2.31. The molecule has 0 fully saturated rings. The van der Waals surface area contributed by atoms with Gasteiger partial charge in [0, 0.05) is 15.4 Å². The Morgan fingerprint density at radius 2 is 2.20 bits per heavy atom. The van der Waals surface area contributed by atoms with Crippen molar-refractivity contribution in [3.63, 3.8) is 0 Å². The zero-order chi connectivity index (χ0) is 15.2. The Hall–Kier alpha value is -1.86. The van der Waals surface area contributed by atoms with Crippen LogP contribution in [0.4, 0.5) is 5.69 Å². The van der Waals surface area contributed by atoms with Crippen molar-refractivity contribution in [1.82, 2.24) is 4.98 Å². The van der Waals surface area contributed by atoms with Crippen molar-refractivity contribution in [2.75, 3.05) is 0 Å². The van der Waals surface area contributed by atoms with Gasteiger partial charge in [0.1, 0.15) is 0 Å².